The zero-order valence-corrected chi connectivity index (χ0v) is 12.8. The SMILES string of the molecule is CCC1C2CNCC2CN1CCOc1ccccc1Cl. The zero-order chi connectivity index (χ0) is 13.9. The minimum Gasteiger partial charge on any atom is -0.491 e. The molecule has 0 spiro atoms. The molecular weight excluding hydrogens is 272 g/mol. The van der Waals surface area contributed by atoms with Gasteiger partial charge in [0.05, 0.1) is 5.02 Å². The summed E-state index contributed by atoms with van der Waals surface area (Å²) in [6.45, 7) is 7.59. The molecule has 2 aliphatic rings. The van der Waals surface area contributed by atoms with Crippen LogP contribution in [-0.4, -0.2) is 43.7 Å². The van der Waals surface area contributed by atoms with Gasteiger partial charge < -0.3 is 10.1 Å². The van der Waals surface area contributed by atoms with Gasteiger partial charge in [0.2, 0.25) is 0 Å². The van der Waals surface area contributed by atoms with Crippen molar-refractivity contribution < 1.29 is 4.74 Å². The van der Waals surface area contributed by atoms with E-state index in [-0.39, 0.29) is 0 Å². The molecule has 0 aliphatic carbocycles. The summed E-state index contributed by atoms with van der Waals surface area (Å²) in [4.78, 5) is 2.60. The van der Waals surface area contributed by atoms with Crippen LogP contribution >= 0.6 is 11.6 Å². The fraction of sp³-hybridized carbons (Fsp3) is 0.625. The van der Waals surface area contributed by atoms with Crippen LogP contribution in [0.15, 0.2) is 24.3 Å². The Balaban J connectivity index is 1.52. The summed E-state index contributed by atoms with van der Waals surface area (Å²) in [6.07, 6.45) is 1.23. The van der Waals surface area contributed by atoms with Gasteiger partial charge in [-0.2, -0.15) is 0 Å². The fourth-order valence-corrected chi connectivity index (χ4v) is 3.95. The van der Waals surface area contributed by atoms with Crippen molar-refractivity contribution in [2.24, 2.45) is 11.8 Å². The maximum Gasteiger partial charge on any atom is 0.137 e. The number of benzene rings is 1. The van der Waals surface area contributed by atoms with Gasteiger partial charge in [-0.3, -0.25) is 4.90 Å². The van der Waals surface area contributed by atoms with E-state index in [1.165, 1.54) is 26.1 Å². The van der Waals surface area contributed by atoms with Gasteiger partial charge in [0, 0.05) is 19.1 Å². The quantitative estimate of drug-likeness (QED) is 0.903. The lowest BCUT2D eigenvalue weighted by atomic mass is 9.93. The molecule has 3 rings (SSSR count). The molecule has 110 valence electrons. The van der Waals surface area contributed by atoms with Crippen molar-refractivity contribution in [3.8, 4) is 5.75 Å². The van der Waals surface area contributed by atoms with E-state index in [2.05, 4.69) is 17.1 Å². The molecule has 2 aliphatic heterocycles. The van der Waals surface area contributed by atoms with Gasteiger partial charge in [-0.05, 0) is 43.5 Å². The van der Waals surface area contributed by atoms with Crippen LogP contribution in [0.5, 0.6) is 5.75 Å². The highest BCUT2D eigenvalue weighted by Gasteiger charge is 2.42. The molecule has 3 unspecified atom stereocenters. The van der Waals surface area contributed by atoms with Gasteiger partial charge in [-0.25, -0.2) is 0 Å². The normalized spacial score (nSPS) is 29.6. The van der Waals surface area contributed by atoms with Gasteiger partial charge in [0.25, 0.3) is 0 Å². The molecule has 0 bridgehead atoms. The third-order valence-electron chi connectivity index (χ3n) is 4.72. The molecule has 20 heavy (non-hydrogen) atoms. The summed E-state index contributed by atoms with van der Waals surface area (Å²) in [5, 5.41) is 4.22. The largest absolute Gasteiger partial charge is 0.491 e. The Bertz CT molecular complexity index is 454. The molecule has 0 amide bonds. The standard InChI is InChI=1S/C16H23ClN2O/c1-2-15-13-10-18-9-12(13)11-19(15)7-8-20-16-6-4-3-5-14(16)17/h3-6,12-13,15,18H,2,7-11H2,1H3. The molecule has 0 aromatic heterocycles. The maximum absolute atomic E-state index is 6.11. The lowest BCUT2D eigenvalue weighted by Gasteiger charge is -2.26. The van der Waals surface area contributed by atoms with Crippen LogP contribution in [0.2, 0.25) is 5.02 Å². The van der Waals surface area contributed by atoms with E-state index >= 15 is 0 Å². The second-order valence-electron chi connectivity index (χ2n) is 5.83. The number of fused-ring (bicyclic) bond motifs is 1. The smallest absolute Gasteiger partial charge is 0.137 e. The van der Waals surface area contributed by atoms with E-state index in [4.69, 9.17) is 16.3 Å². The van der Waals surface area contributed by atoms with E-state index in [9.17, 15) is 0 Å². The first-order chi connectivity index (χ1) is 9.79. The van der Waals surface area contributed by atoms with Gasteiger partial charge in [-0.1, -0.05) is 30.7 Å². The highest BCUT2D eigenvalue weighted by atomic mass is 35.5. The van der Waals surface area contributed by atoms with Crippen LogP contribution in [-0.2, 0) is 0 Å². The van der Waals surface area contributed by atoms with Crippen LogP contribution in [0, 0.1) is 11.8 Å². The molecule has 3 atom stereocenters. The summed E-state index contributed by atoms with van der Waals surface area (Å²) in [5.74, 6) is 2.46. The van der Waals surface area contributed by atoms with Crippen molar-refractivity contribution in [1.29, 1.82) is 0 Å². The average Bonchev–Trinajstić information content (AvgIpc) is 3.01. The van der Waals surface area contributed by atoms with Gasteiger partial charge >= 0.3 is 0 Å². The molecule has 1 aromatic rings. The van der Waals surface area contributed by atoms with Crippen LogP contribution in [0.4, 0.5) is 0 Å². The maximum atomic E-state index is 6.11. The Hall–Kier alpha value is -0.770. The van der Waals surface area contributed by atoms with Gasteiger partial charge in [-0.15, -0.1) is 0 Å². The fourth-order valence-electron chi connectivity index (χ4n) is 3.76. The number of halogens is 1. The summed E-state index contributed by atoms with van der Waals surface area (Å²) in [6, 6.07) is 8.41. The van der Waals surface area contributed by atoms with E-state index in [1.54, 1.807) is 0 Å². The van der Waals surface area contributed by atoms with Crippen molar-refractivity contribution in [1.82, 2.24) is 10.2 Å². The number of likely N-dealkylation sites (tertiary alicyclic amines) is 1. The van der Waals surface area contributed by atoms with Crippen LogP contribution in [0.25, 0.3) is 0 Å². The molecule has 3 nitrogen and oxygen atoms in total. The number of ether oxygens (including phenoxy) is 1. The van der Waals surface area contributed by atoms with E-state index < -0.39 is 0 Å². The molecule has 1 aromatic carbocycles. The Kier molecular flexibility index (Phi) is 4.49. The Labute approximate surface area is 126 Å². The summed E-state index contributed by atoms with van der Waals surface area (Å²) in [7, 11) is 0. The molecule has 2 heterocycles. The highest BCUT2D eigenvalue weighted by molar-refractivity contribution is 6.32. The number of nitrogens with zero attached hydrogens (tertiary/aromatic N) is 1. The molecule has 0 radical (unpaired) electrons. The third kappa shape index (κ3) is 2.80. The van der Waals surface area contributed by atoms with Crippen molar-refractivity contribution >= 4 is 11.6 Å². The van der Waals surface area contributed by atoms with Gasteiger partial charge in [0.15, 0.2) is 0 Å². The van der Waals surface area contributed by atoms with Crippen LogP contribution in [0.3, 0.4) is 0 Å². The number of para-hydroxylation sites is 1. The highest BCUT2D eigenvalue weighted by Crippen LogP contribution is 2.34. The molecule has 0 saturated carbocycles. The summed E-state index contributed by atoms with van der Waals surface area (Å²) >= 11 is 6.11. The van der Waals surface area contributed by atoms with Crippen molar-refractivity contribution in [3.05, 3.63) is 29.3 Å². The Morgan fingerprint density at radius 2 is 2.20 bits per heavy atom. The molecule has 2 saturated heterocycles. The second-order valence-corrected chi connectivity index (χ2v) is 6.24. The lowest BCUT2D eigenvalue weighted by molar-refractivity contribution is 0.176. The summed E-state index contributed by atoms with van der Waals surface area (Å²) < 4.78 is 5.82. The minimum absolute atomic E-state index is 0.696. The molecule has 2 fully saturated rings. The Morgan fingerprint density at radius 3 is 3.00 bits per heavy atom. The van der Waals surface area contributed by atoms with E-state index in [1.807, 2.05) is 24.3 Å². The van der Waals surface area contributed by atoms with Crippen molar-refractivity contribution in [2.75, 3.05) is 32.8 Å². The molecular formula is C16H23ClN2O. The topological polar surface area (TPSA) is 24.5 Å². The second kappa shape index (κ2) is 6.33. The number of nitrogens with one attached hydrogen (secondary N) is 1. The predicted octanol–water partition coefficient (Wildman–Crippen LogP) is 2.65. The lowest BCUT2D eigenvalue weighted by Crippen LogP contribution is -2.37. The van der Waals surface area contributed by atoms with Crippen LogP contribution < -0.4 is 10.1 Å². The minimum atomic E-state index is 0.696. The zero-order valence-electron chi connectivity index (χ0n) is 12.0. The van der Waals surface area contributed by atoms with E-state index in [0.717, 1.165) is 24.1 Å². The number of hydrogen-bond acceptors (Lipinski definition) is 3. The molecule has 1 N–H and O–H groups in total. The first-order valence-corrected chi connectivity index (χ1v) is 7.99. The van der Waals surface area contributed by atoms with Crippen LogP contribution in [0.1, 0.15) is 13.3 Å². The van der Waals surface area contributed by atoms with Crippen molar-refractivity contribution in [3.63, 3.8) is 0 Å². The number of rotatable bonds is 5. The molecule has 4 heteroatoms. The first kappa shape index (κ1) is 14.2. The Morgan fingerprint density at radius 1 is 1.35 bits per heavy atom. The first-order valence-electron chi connectivity index (χ1n) is 7.61. The van der Waals surface area contributed by atoms with Crippen molar-refractivity contribution in [2.45, 2.75) is 19.4 Å². The summed E-state index contributed by atoms with van der Waals surface area (Å²) in [5.41, 5.74) is 0. The van der Waals surface area contributed by atoms with Gasteiger partial charge in [0.1, 0.15) is 12.4 Å². The predicted molar refractivity (Wildman–Crippen MR) is 82.4 cm³/mol. The monoisotopic (exact) mass is 294 g/mol. The third-order valence-corrected chi connectivity index (χ3v) is 5.03. The average molecular weight is 295 g/mol. The number of hydrogen-bond donors (Lipinski definition) is 1. The van der Waals surface area contributed by atoms with E-state index in [0.29, 0.717) is 17.7 Å².